The molecule has 0 rings (SSSR count). The van der Waals surface area contributed by atoms with E-state index < -0.39 is 6.17 Å². The molecule has 0 heterocycles. The smallest absolute Gasteiger partial charge is 0.0999 e. The minimum absolute atomic E-state index is 0.176. The third-order valence-corrected chi connectivity index (χ3v) is 2.15. The largest absolute Gasteiger partial charge is 0.248 e. The van der Waals surface area contributed by atoms with Gasteiger partial charge >= 0.3 is 0 Å². The lowest BCUT2D eigenvalue weighted by molar-refractivity contribution is 0.240. The van der Waals surface area contributed by atoms with Crippen molar-refractivity contribution in [2.75, 3.05) is 0 Å². The molecule has 12 heavy (non-hydrogen) atoms. The van der Waals surface area contributed by atoms with Crippen molar-refractivity contribution in [2.24, 2.45) is 11.8 Å². The van der Waals surface area contributed by atoms with Crippen LogP contribution in [0.5, 0.6) is 0 Å². The van der Waals surface area contributed by atoms with E-state index in [1.807, 2.05) is 6.92 Å². The van der Waals surface area contributed by atoms with Gasteiger partial charge in [-0.2, -0.15) is 0 Å². The third-order valence-electron chi connectivity index (χ3n) is 2.15. The number of halogens is 1. The molecule has 0 aromatic heterocycles. The minimum atomic E-state index is -0.682. The fourth-order valence-corrected chi connectivity index (χ4v) is 1.41. The molecule has 0 nitrogen and oxygen atoms in total. The molecule has 0 N–H and O–H groups in total. The zero-order chi connectivity index (χ0) is 9.72. The Bertz CT molecular complexity index is 143. The van der Waals surface area contributed by atoms with Gasteiger partial charge in [-0.05, 0) is 39.0 Å². The first-order valence-electron chi connectivity index (χ1n) is 4.72. The number of allylic oxidation sites excluding steroid dienone is 2. The van der Waals surface area contributed by atoms with Gasteiger partial charge in [0.1, 0.15) is 0 Å². The average molecular weight is 172 g/mol. The highest BCUT2D eigenvalue weighted by atomic mass is 19.1. The minimum Gasteiger partial charge on any atom is -0.248 e. The quantitative estimate of drug-likeness (QED) is 0.563. The van der Waals surface area contributed by atoms with Gasteiger partial charge in [0.05, 0.1) is 6.17 Å². The van der Waals surface area contributed by atoms with Gasteiger partial charge in [0.2, 0.25) is 0 Å². The second kappa shape index (κ2) is 5.34. The van der Waals surface area contributed by atoms with Crippen molar-refractivity contribution in [3.8, 4) is 0 Å². The van der Waals surface area contributed by atoms with Gasteiger partial charge in [-0.25, -0.2) is 4.39 Å². The molecule has 0 radical (unpaired) electrons. The molecule has 0 aromatic carbocycles. The SMILES string of the molecule is CC(C)=CC(C)CC(C)C(C)F. The summed E-state index contributed by atoms with van der Waals surface area (Å²) in [5.74, 6) is 0.679. The van der Waals surface area contributed by atoms with E-state index in [9.17, 15) is 4.39 Å². The Balaban J connectivity index is 3.84. The topological polar surface area (TPSA) is 0 Å². The molecule has 0 saturated heterocycles. The van der Waals surface area contributed by atoms with E-state index in [-0.39, 0.29) is 5.92 Å². The van der Waals surface area contributed by atoms with Crippen LogP contribution in [0.4, 0.5) is 4.39 Å². The highest BCUT2D eigenvalue weighted by Gasteiger charge is 2.12. The number of alkyl halides is 1. The third kappa shape index (κ3) is 5.34. The maximum Gasteiger partial charge on any atom is 0.0999 e. The van der Waals surface area contributed by atoms with E-state index in [2.05, 4.69) is 26.8 Å². The molecular weight excluding hydrogens is 151 g/mol. The van der Waals surface area contributed by atoms with E-state index in [0.717, 1.165) is 6.42 Å². The second-order valence-corrected chi connectivity index (χ2v) is 4.11. The van der Waals surface area contributed by atoms with E-state index in [1.165, 1.54) is 5.57 Å². The van der Waals surface area contributed by atoms with E-state index in [1.54, 1.807) is 6.92 Å². The highest BCUT2D eigenvalue weighted by Crippen LogP contribution is 2.19. The normalized spacial score (nSPS) is 18.2. The molecule has 0 aliphatic heterocycles. The van der Waals surface area contributed by atoms with Crippen LogP contribution in [-0.4, -0.2) is 6.17 Å². The summed E-state index contributed by atoms with van der Waals surface area (Å²) in [5, 5.41) is 0. The van der Waals surface area contributed by atoms with Crippen LogP contribution >= 0.6 is 0 Å². The van der Waals surface area contributed by atoms with Gasteiger partial charge in [-0.3, -0.25) is 0 Å². The highest BCUT2D eigenvalue weighted by molar-refractivity contribution is 4.96. The lowest BCUT2D eigenvalue weighted by Crippen LogP contribution is -2.11. The van der Waals surface area contributed by atoms with Crippen LogP contribution < -0.4 is 0 Å². The molecule has 72 valence electrons. The first-order valence-corrected chi connectivity index (χ1v) is 4.72. The van der Waals surface area contributed by atoms with Crippen LogP contribution in [0.3, 0.4) is 0 Å². The van der Waals surface area contributed by atoms with Crippen LogP contribution in [0.2, 0.25) is 0 Å². The summed E-state index contributed by atoms with van der Waals surface area (Å²) < 4.78 is 12.8. The Kier molecular flexibility index (Phi) is 5.19. The molecule has 0 fully saturated rings. The van der Waals surface area contributed by atoms with Crippen molar-refractivity contribution in [2.45, 2.75) is 47.2 Å². The summed E-state index contributed by atoms with van der Waals surface area (Å²) >= 11 is 0. The zero-order valence-corrected chi connectivity index (χ0v) is 8.89. The van der Waals surface area contributed by atoms with Crippen molar-refractivity contribution in [3.63, 3.8) is 0 Å². The first-order chi connectivity index (χ1) is 5.43. The predicted molar refractivity (Wildman–Crippen MR) is 52.9 cm³/mol. The zero-order valence-electron chi connectivity index (χ0n) is 8.89. The number of hydrogen-bond acceptors (Lipinski definition) is 0. The summed E-state index contributed by atoms with van der Waals surface area (Å²) in [4.78, 5) is 0. The number of hydrogen-bond donors (Lipinski definition) is 0. The van der Waals surface area contributed by atoms with Gasteiger partial charge in [0.25, 0.3) is 0 Å². The monoisotopic (exact) mass is 172 g/mol. The molecule has 1 heteroatoms. The predicted octanol–water partition coefficient (Wildman–Crippen LogP) is 3.97. The molecule has 0 amide bonds. The summed E-state index contributed by atoms with van der Waals surface area (Å²) in [6, 6.07) is 0. The second-order valence-electron chi connectivity index (χ2n) is 4.11. The summed E-state index contributed by atoms with van der Waals surface area (Å²) in [5.41, 5.74) is 1.32. The Morgan fingerprint density at radius 2 is 1.75 bits per heavy atom. The van der Waals surface area contributed by atoms with Gasteiger partial charge < -0.3 is 0 Å². The van der Waals surface area contributed by atoms with Gasteiger partial charge in [-0.1, -0.05) is 25.5 Å². The lowest BCUT2D eigenvalue weighted by Gasteiger charge is -2.15. The Labute approximate surface area is 75.9 Å². The van der Waals surface area contributed by atoms with Gasteiger partial charge in [-0.15, -0.1) is 0 Å². The fraction of sp³-hybridized carbons (Fsp3) is 0.818. The number of rotatable bonds is 4. The molecule has 0 aromatic rings. The molecule has 0 aliphatic rings. The van der Waals surface area contributed by atoms with E-state index >= 15 is 0 Å². The van der Waals surface area contributed by atoms with Crippen LogP contribution in [-0.2, 0) is 0 Å². The molecule has 0 spiro atoms. The fourth-order valence-electron chi connectivity index (χ4n) is 1.41. The van der Waals surface area contributed by atoms with Crippen LogP contribution in [0.15, 0.2) is 11.6 Å². The summed E-state index contributed by atoms with van der Waals surface area (Å²) in [6.07, 6.45) is 2.47. The standard InChI is InChI=1S/C11H21F/c1-8(2)6-9(3)7-10(4)11(5)12/h6,9-11H,7H2,1-5H3. The molecule has 3 unspecified atom stereocenters. The van der Waals surface area contributed by atoms with Gasteiger partial charge in [0, 0.05) is 0 Å². The average Bonchev–Trinajstić information content (AvgIpc) is 1.84. The summed E-state index contributed by atoms with van der Waals surface area (Å²) in [6.45, 7) is 9.92. The Morgan fingerprint density at radius 1 is 1.25 bits per heavy atom. The molecular formula is C11H21F. The Hall–Kier alpha value is -0.330. The maximum atomic E-state index is 12.8. The van der Waals surface area contributed by atoms with Crippen molar-refractivity contribution < 1.29 is 4.39 Å². The van der Waals surface area contributed by atoms with Crippen LogP contribution in [0.25, 0.3) is 0 Å². The lowest BCUT2D eigenvalue weighted by atomic mass is 9.93. The van der Waals surface area contributed by atoms with Crippen molar-refractivity contribution in [1.82, 2.24) is 0 Å². The Morgan fingerprint density at radius 3 is 2.08 bits per heavy atom. The van der Waals surface area contributed by atoms with Crippen LogP contribution in [0, 0.1) is 11.8 Å². The molecule has 0 bridgehead atoms. The van der Waals surface area contributed by atoms with Crippen molar-refractivity contribution in [3.05, 3.63) is 11.6 Å². The first kappa shape index (κ1) is 11.7. The summed E-state index contributed by atoms with van der Waals surface area (Å²) in [7, 11) is 0. The van der Waals surface area contributed by atoms with Crippen molar-refractivity contribution in [1.29, 1.82) is 0 Å². The van der Waals surface area contributed by atoms with E-state index in [4.69, 9.17) is 0 Å². The molecule has 0 aliphatic carbocycles. The van der Waals surface area contributed by atoms with E-state index in [0.29, 0.717) is 5.92 Å². The van der Waals surface area contributed by atoms with Crippen LogP contribution in [0.1, 0.15) is 41.0 Å². The molecule has 3 atom stereocenters. The van der Waals surface area contributed by atoms with Crippen molar-refractivity contribution >= 4 is 0 Å². The van der Waals surface area contributed by atoms with Gasteiger partial charge in [0.15, 0.2) is 0 Å². The molecule has 0 saturated carbocycles. The maximum absolute atomic E-state index is 12.8.